The molecule has 0 saturated carbocycles. The van der Waals surface area contributed by atoms with E-state index in [9.17, 15) is 8.78 Å². The van der Waals surface area contributed by atoms with E-state index in [-0.39, 0.29) is 17.7 Å². The fourth-order valence-corrected chi connectivity index (χ4v) is 2.73. The standard InChI is InChI=1S/C18H15F2N/c1-21-18(15-8-4-5-9-16(15)19)14-10-11-17(20)13-7-3-2-6-12(13)14/h2-11,18,21H,1H3. The highest BCUT2D eigenvalue weighted by atomic mass is 19.1. The Kier molecular flexibility index (Phi) is 3.67. The zero-order valence-electron chi connectivity index (χ0n) is 11.6. The van der Waals surface area contributed by atoms with Crippen molar-refractivity contribution in [3.05, 3.63) is 83.4 Å². The second-order valence-electron chi connectivity index (χ2n) is 4.93. The predicted octanol–water partition coefficient (Wildman–Crippen LogP) is 4.43. The van der Waals surface area contributed by atoms with Gasteiger partial charge in [-0.1, -0.05) is 48.5 Å². The molecular formula is C18H15F2N. The van der Waals surface area contributed by atoms with E-state index >= 15 is 0 Å². The van der Waals surface area contributed by atoms with Crippen molar-refractivity contribution in [2.24, 2.45) is 0 Å². The molecule has 0 aliphatic rings. The molecule has 1 atom stereocenters. The van der Waals surface area contributed by atoms with Crippen LogP contribution in [0.25, 0.3) is 10.8 Å². The van der Waals surface area contributed by atoms with Gasteiger partial charge in [-0.15, -0.1) is 0 Å². The molecule has 0 radical (unpaired) electrons. The first-order valence-corrected chi connectivity index (χ1v) is 6.81. The van der Waals surface area contributed by atoms with Crippen LogP contribution in [0, 0.1) is 11.6 Å². The lowest BCUT2D eigenvalue weighted by Gasteiger charge is -2.20. The zero-order valence-corrected chi connectivity index (χ0v) is 11.6. The van der Waals surface area contributed by atoms with Gasteiger partial charge in [0.25, 0.3) is 0 Å². The number of benzene rings is 3. The Labute approximate surface area is 122 Å². The molecule has 106 valence electrons. The molecule has 3 heteroatoms. The Morgan fingerprint density at radius 2 is 1.38 bits per heavy atom. The van der Waals surface area contributed by atoms with E-state index < -0.39 is 0 Å². The van der Waals surface area contributed by atoms with Crippen molar-refractivity contribution in [3.8, 4) is 0 Å². The van der Waals surface area contributed by atoms with Gasteiger partial charge in [0.05, 0.1) is 6.04 Å². The van der Waals surface area contributed by atoms with Crippen molar-refractivity contribution in [1.29, 1.82) is 0 Å². The number of fused-ring (bicyclic) bond motifs is 1. The molecular weight excluding hydrogens is 268 g/mol. The van der Waals surface area contributed by atoms with Crippen LogP contribution in [0.2, 0.25) is 0 Å². The van der Waals surface area contributed by atoms with Crippen molar-refractivity contribution in [1.82, 2.24) is 5.32 Å². The van der Waals surface area contributed by atoms with E-state index in [1.807, 2.05) is 12.1 Å². The summed E-state index contributed by atoms with van der Waals surface area (Å²) in [5.41, 5.74) is 1.41. The van der Waals surface area contributed by atoms with Gasteiger partial charge in [0.15, 0.2) is 0 Å². The molecule has 0 fully saturated rings. The number of nitrogens with one attached hydrogen (secondary N) is 1. The minimum atomic E-state index is -0.323. The van der Waals surface area contributed by atoms with E-state index in [4.69, 9.17) is 0 Å². The third kappa shape index (κ3) is 2.41. The Balaban J connectivity index is 2.23. The van der Waals surface area contributed by atoms with Crippen LogP contribution in [0.4, 0.5) is 8.78 Å². The maximum Gasteiger partial charge on any atom is 0.131 e. The summed E-state index contributed by atoms with van der Waals surface area (Å²) < 4.78 is 28.0. The van der Waals surface area contributed by atoms with Crippen molar-refractivity contribution in [2.75, 3.05) is 7.05 Å². The molecule has 0 amide bonds. The SMILES string of the molecule is CNC(c1ccccc1F)c1ccc(F)c2ccccc12. The Hall–Kier alpha value is -2.26. The summed E-state index contributed by atoms with van der Waals surface area (Å²) in [6, 6.07) is 16.7. The molecule has 0 aromatic heterocycles. The van der Waals surface area contributed by atoms with Crippen LogP contribution >= 0.6 is 0 Å². The largest absolute Gasteiger partial charge is 0.309 e. The number of hydrogen-bond acceptors (Lipinski definition) is 1. The van der Waals surface area contributed by atoms with Crippen LogP contribution in [0.3, 0.4) is 0 Å². The van der Waals surface area contributed by atoms with Gasteiger partial charge in [-0.05, 0) is 30.1 Å². The Morgan fingerprint density at radius 3 is 2.10 bits per heavy atom. The van der Waals surface area contributed by atoms with E-state index in [0.717, 1.165) is 10.9 Å². The van der Waals surface area contributed by atoms with Gasteiger partial charge >= 0.3 is 0 Å². The van der Waals surface area contributed by atoms with Gasteiger partial charge in [0, 0.05) is 10.9 Å². The average Bonchev–Trinajstić information content (AvgIpc) is 2.52. The van der Waals surface area contributed by atoms with Crippen LogP contribution in [0.1, 0.15) is 17.2 Å². The first kappa shape index (κ1) is 13.7. The Morgan fingerprint density at radius 1 is 0.714 bits per heavy atom. The van der Waals surface area contributed by atoms with Crippen LogP contribution < -0.4 is 5.32 Å². The average molecular weight is 283 g/mol. The van der Waals surface area contributed by atoms with Gasteiger partial charge in [-0.2, -0.15) is 0 Å². The fraction of sp³-hybridized carbons (Fsp3) is 0.111. The monoisotopic (exact) mass is 283 g/mol. The summed E-state index contributed by atoms with van der Waals surface area (Å²) in [7, 11) is 1.77. The van der Waals surface area contributed by atoms with E-state index in [0.29, 0.717) is 10.9 Å². The van der Waals surface area contributed by atoms with E-state index in [1.165, 1.54) is 12.1 Å². The van der Waals surface area contributed by atoms with Gasteiger partial charge in [0.2, 0.25) is 0 Å². The molecule has 1 nitrogen and oxygen atoms in total. The normalized spacial score (nSPS) is 12.5. The molecule has 0 aliphatic carbocycles. The van der Waals surface area contributed by atoms with E-state index in [2.05, 4.69) is 5.32 Å². The molecule has 0 saturated heterocycles. The molecule has 1 N–H and O–H groups in total. The first-order valence-electron chi connectivity index (χ1n) is 6.81. The molecule has 3 aromatic carbocycles. The molecule has 0 bridgehead atoms. The third-order valence-electron chi connectivity index (χ3n) is 3.72. The minimum Gasteiger partial charge on any atom is -0.309 e. The molecule has 3 aromatic rings. The van der Waals surface area contributed by atoms with Gasteiger partial charge < -0.3 is 5.32 Å². The molecule has 0 heterocycles. The third-order valence-corrected chi connectivity index (χ3v) is 3.72. The smallest absolute Gasteiger partial charge is 0.131 e. The van der Waals surface area contributed by atoms with E-state index in [1.54, 1.807) is 43.4 Å². The minimum absolute atomic E-state index is 0.266. The van der Waals surface area contributed by atoms with Gasteiger partial charge in [-0.3, -0.25) is 0 Å². The molecule has 1 unspecified atom stereocenters. The second-order valence-corrected chi connectivity index (χ2v) is 4.93. The summed E-state index contributed by atoms with van der Waals surface area (Å²) in [6.45, 7) is 0. The fourth-order valence-electron chi connectivity index (χ4n) is 2.73. The lowest BCUT2D eigenvalue weighted by atomic mass is 9.93. The first-order chi connectivity index (χ1) is 10.2. The van der Waals surface area contributed by atoms with Crippen LogP contribution in [0.15, 0.2) is 60.7 Å². The number of hydrogen-bond donors (Lipinski definition) is 1. The quantitative estimate of drug-likeness (QED) is 0.750. The Bertz CT molecular complexity index is 783. The highest BCUT2D eigenvalue weighted by Crippen LogP contribution is 2.31. The van der Waals surface area contributed by atoms with Crippen molar-refractivity contribution in [3.63, 3.8) is 0 Å². The summed E-state index contributed by atoms with van der Waals surface area (Å²) in [4.78, 5) is 0. The molecule has 3 rings (SSSR count). The number of rotatable bonds is 3. The molecule has 0 aliphatic heterocycles. The van der Waals surface area contributed by atoms with Crippen molar-refractivity contribution >= 4 is 10.8 Å². The number of halogens is 2. The summed E-state index contributed by atoms with van der Waals surface area (Å²) >= 11 is 0. The molecule has 0 spiro atoms. The lowest BCUT2D eigenvalue weighted by Crippen LogP contribution is -2.19. The van der Waals surface area contributed by atoms with Gasteiger partial charge in [-0.25, -0.2) is 8.78 Å². The van der Waals surface area contributed by atoms with Crippen LogP contribution in [-0.4, -0.2) is 7.05 Å². The van der Waals surface area contributed by atoms with Crippen molar-refractivity contribution < 1.29 is 8.78 Å². The maximum atomic E-state index is 14.1. The maximum absolute atomic E-state index is 14.1. The van der Waals surface area contributed by atoms with Gasteiger partial charge in [0.1, 0.15) is 11.6 Å². The van der Waals surface area contributed by atoms with Crippen LogP contribution in [-0.2, 0) is 0 Å². The van der Waals surface area contributed by atoms with Crippen LogP contribution in [0.5, 0.6) is 0 Å². The summed E-state index contributed by atoms with van der Waals surface area (Å²) in [6.07, 6.45) is 0. The highest BCUT2D eigenvalue weighted by molar-refractivity contribution is 5.87. The topological polar surface area (TPSA) is 12.0 Å². The van der Waals surface area contributed by atoms with Crippen molar-refractivity contribution in [2.45, 2.75) is 6.04 Å². The predicted molar refractivity (Wildman–Crippen MR) is 81.2 cm³/mol. The summed E-state index contributed by atoms with van der Waals surface area (Å²) in [5, 5.41) is 4.46. The molecule has 21 heavy (non-hydrogen) atoms. The zero-order chi connectivity index (χ0) is 14.8. The second kappa shape index (κ2) is 5.62. The summed E-state index contributed by atoms with van der Waals surface area (Å²) in [5.74, 6) is -0.539. The highest BCUT2D eigenvalue weighted by Gasteiger charge is 2.18. The lowest BCUT2D eigenvalue weighted by molar-refractivity contribution is 0.577.